The maximum atomic E-state index is 13.3. The predicted molar refractivity (Wildman–Crippen MR) is 129 cm³/mol. The lowest BCUT2D eigenvalue weighted by Crippen LogP contribution is -2.31. The van der Waals surface area contributed by atoms with Crippen molar-refractivity contribution in [1.82, 2.24) is 0 Å². The molecule has 0 fully saturated rings. The molecule has 0 atom stereocenters. The Morgan fingerprint density at radius 2 is 1.70 bits per heavy atom. The van der Waals surface area contributed by atoms with Crippen LogP contribution in [0.3, 0.4) is 0 Å². The van der Waals surface area contributed by atoms with E-state index in [0.29, 0.717) is 17.7 Å². The predicted octanol–water partition coefficient (Wildman–Crippen LogP) is 5.53. The van der Waals surface area contributed by atoms with Crippen molar-refractivity contribution in [2.45, 2.75) is 18.2 Å². The van der Waals surface area contributed by atoms with Crippen LogP contribution in [0.4, 0.5) is 5.69 Å². The first kappa shape index (κ1) is 24.2. The van der Waals surface area contributed by atoms with Crippen molar-refractivity contribution < 1.29 is 22.7 Å². The Morgan fingerprint density at radius 3 is 2.30 bits per heavy atom. The molecule has 0 heterocycles. The van der Waals surface area contributed by atoms with Crippen molar-refractivity contribution in [1.29, 1.82) is 0 Å². The van der Waals surface area contributed by atoms with Crippen molar-refractivity contribution >= 4 is 39.1 Å². The van der Waals surface area contributed by atoms with E-state index >= 15 is 0 Å². The Hall–Kier alpha value is -3.42. The maximum Gasteiger partial charge on any atom is 0.345 e. The number of carbonyl (C=O) groups excluding carboxylic acids is 2. The first-order valence-electron chi connectivity index (χ1n) is 10.1. The highest BCUT2D eigenvalue weighted by Gasteiger charge is 2.26. The van der Waals surface area contributed by atoms with Crippen molar-refractivity contribution in [2.24, 2.45) is 0 Å². The molecule has 33 heavy (non-hydrogen) atoms. The summed E-state index contributed by atoms with van der Waals surface area (Å²) in [6, 6.07) is 18.5. The molecule has 0 aliphatic heterocycles. The third kappa shape index (κ3) is 5.50. The van der Waals surface area contributed by atoms with Crippen molar-refractivity contribution in [3.05, 3.63) is 102 Å². The van der Waals surface area contributed by atoms with Crippen molar-refractivity contribution in [3.8, 4) is 5.75 Å². The Kier molecular flexibility index (Phi) is 7.68. The van der Waals surface area contributed by atoms with E-state index in [2.05, 4.69) is 6.58 Å². The second-order valence-electron chi connectivity index (χ2n) is 6.99. The number of para-hydroxylation sites is 1. The molecule has 0 aliphatic carbocycles. The number of ketones is 1. The molecule has 3 rings (SSSR count). The molecule has 0 saturated carbocycles. The molecule has 170 valence electrons. The molecular weight excluding hydrogens is 462 g/mol. The molecule has 3 aromatic carbocycles. The number of hydrogen-bond donors (Lipinski definition) is 0. The Bertz CT molecular complexity index is 1270. The molecule has 0 aromatic heterocycles. The number of hydrogen-bond acceptors (Lipinski definition) is 5. The van der Waals surface area contributed by atoms with E-state index in [4.69, 9.17) is 16.3 Å². The zero-order valence-electron chi connectivity index (χ0n) is 17.9. The van der Waals surface area contributed by atoms with Crippen molar-refractivity contribution in [3.63, 3.8) is 0 Å². The minimum Gasteiger partial charge on any atom is -0.423 e. The Balaban J connectivity index is 1.91. The van der Waals surface area contributed by atoms with E-state index < -0.39 is 16.0 Å². The number of ether oxygens (including phenoxy) is 1. The fraction of sp³-hybridized carbons (Fsp3) is 0.120. The van der Waals surface area contributed by atoms with E-state index in [-0.39, 0.29) is 33.6 Å². The molecule has 0 amide bonds. The maximum absolute atomic E-state index is 13.3. The third-order valence-electron chi connectivity index (χ3n) is 4.79. The van der Waals surface area contributed by atoms with Crippen LogP contribution in [0.5, 0.6) is 5.75 Å². The number of halogens is 1. The highest BCUT2D eigenvalue weighted by Crippen LogP contribution is 2.27. The van der Waals surface area contributed by atoms with Gasteiger partial charge >= 0.3 is 5.97 Å². The van der Waals surface area contributed by atoms with Gasteiger partial charge in [0, 0.05) is 12.0 Å². The number of sulfonamides is 1. The van der Waals surface area contributed by atoms with Crippen LogP contribution < -0.4 is 9.04 Å². The van der Waals surface area contributed by atoms with E-state index in [1.165, 1.54) is 40.7 Å². The SMILES string of the molecule is C=CCN(c1ccccc1)S(=O)(=O)c1ccc(Cl)c(C(=O)Oc2ccc(C(=O)CC)cc2)c1. The van der Waals surface area contributed by atoms with Gasteiger partial charge in [0.1, 0.15) is 5.75 Å². The molecule has 0 unspecified atom stereocenters. The summed E-state index contributed by atoms with van der Waals surface area (Å²) in [7, 11) is -4.02. The summed E-state index contributed by atoms with van der Waals surface area (Å²) in [5.74, 6) is -0.646. The Morgan fingerprint density at radius 1 is 1.03 bits per heavy atom. The van der Waals surface area contributed by atoms with Crippen LogP contribution in [-0.2, 0) is 10.0 Å². The summed E-state index contributed by atoms with van der Waals surface area (Å²) in [6.45, 7) is 5.44. The van der Waals surface area contributed by atoms with Crippen LogP contribution in [0, 0.1) is 0 Å². The average Bonchev–Trinajstić information content (AvgIpc) is 2.83. The van der Waals surface area contributed by atoms with Gasteiger partial charge in [-0.15, -0.1) is 6.58 Å². The minimum atomic E-state index is -4.02. The molecule has 0 aliphatic rings. The molecule has 0 bridgehead atoms. The second-order valence-corrected chi connectivity index (χ2v) is 9.26. The summed E-state index contributed by atoms with van der Waals surface area (Å²) in [5, 5.41) is 0.0479. The molecule has 0 saturated heterocycles. The van der Waals surface area contributed by atoms with Crippen LogP contribution in [-0.4, -0.2) is 26.7 Å². The average molecular weight is 484 g/mol. The van der Waals surface area contributed by atoms with Gasteiger partial charge < -0.3 is 4.74 Å². The molecule has 0 spiro atoms. The topological polar surface area (TPSA) is 80.8 Å². The van der Waals surface area contributed by atoms with E-state index in [9.17, 15) is 18.0 Å². The standard InChI is InChI=1S/C25H22ClNO5S/c1-3-16-27(19-8-6-5-7-9-19)33(30,31)21-14-15-23(26)22(17-21)25(29)32-20-12-10-18(11-13-20)24(28)4-2/h3,5-15,17H,1,4,16H2,2H3. The van der Waals surface area contributed by atoms with Gasteiger partial charge in [-0.2, -0.15) is 0 Å². The van der Waals surface area contributed by atoms with Crippen LogP contribution in [0.15, 0.2) is 90.3 Å². The zero-order chi connectivity index (χ0) is 24.0. The monoisotopic (exact) mass is 483 g/mol. The molecular formula is C25H22ClNO5S. The van der Waals surface area contributed by atoms with Crippen LogP contribution in [0.2, 0.25) is 5.02 Å². The fourth-order valence-corrected chi connectivity index (χ4v) is 4.73. The van der Waals surface area contributed by atoms with E-state index in [1.807, 2.05) is 0 Å². The zero-order valence-corrected chi connectivity index (χ0v) is 19.5. The number of Topliss-reactive ketones (excluding diaryl/α,β-unsaturated/α-hetero) is 1. The highest BCUT2D eigenvalue weighted by molar-refractivity contribution is 7.92. The number of rotatable bonds is 9. The lowest BCUT2D eigenvalue weighted by molar-refractivity contribution is 0.0734. The minimum absolute atomic E-state index is 0.0312. The molecule has 0 N–H and O–H groups in total. The van der Waals surface area contributed by atoms with Crippen LogP contribution >= 0.6 is 11.6 Å². The summed E-state index contributed by atoms with van der Waals surface area (Å²) < 4.78 is 33.2. The number of anilines is 1. The second kappa shape index (κ2) is 10.5. The first-order valence-corrected chi connectivity index (χ1v) is 11.9. The number of nitrogens with zero attached hydrogens (tertiary/aromatic N) is 1. The van der Waals surface area contributed by atoms with E-state index in [1.54, 1.807) is 49.4 Å². The van der Waals surface area contributed by atoms with Gasteiger partial charge in [-0.3, -0.25) is 9.10 Å². The van der Waals surface area contributed by atoms with Gasteiger partial charge in [-0.25, -0.2) is 13.2 Å². The van der Waals surface area contributed by atoms with Gasteiger partial charge in [-0.1, -0.05) is 42.8 Å². The van der Waals surface area contributed by atoms with Crippen LogP contribution in [0.25, 0.3) is 0 Å². The lowest BCUT2D eigenvalue weighted by Gasteiger charge is -2.23. The smallest absolute Gasteiger partial charge is 0.345 e. The van der Waals surface area contributed by atoms with Gasteiger partial charge in [0.25, 0.3) is 10.0 Å². The van der Waals surface area contributed by atoms with Gasteiger partial charge in [0.05, 0.1) is 27.7 Å². The number of carbonyl (C=O) groups is 2. The summed E-state index contributed by atoms with van der Waals surface area (Å²) in [5.41, 5.74) is 0.864. The third-order valence-corrected chi connectivity index (χ3v) is 6.91. The summed E-state index contributed by atoms with van der Waals surface area (Å²) >= 11 is 6.18. The van der Waals surface area contributed by atoms with Gasteiger partial charge in [0.2, 0.25) is 0 Å². The summed E-state index contributed by atoms with van der Waals surface area (Å²) in [4.78, 5) is 24.4. The molecule has 6 nitrogen and oxygen atoms in total. The lowest BCUT2D eigenvalue weighted by atomic mass is 10.1. The highest BCUT2D eigenvalue weighted by atomic mass is 35.5. The summed E-state index contributed by atoms with van der Waals surface area (Å²) in [6.07, 6.45) is 1.84. The van der Waals surface area contributed by atoms with Crippen molar-refractivity contribution in [2.75, 3.05) is 10.8 Å². The first-order chi connectivity index (χ1) is 15.8. The Labute approximate surface area is 198 Å². The molecule has 3 aromatic rings. The largest absolute Gasteiger partial charge is 0.423 e. The quantitative estimate of drug-likeness (QED) is 0.173. The van der Waals surface area contributed by atoms with Gasteiger partial charge in [0.15, 0.2) is 5.78 Å². The normalized spacial score (nSPS) is 11.0. The fourth-order valence-electron chi connectivity index (χ4n) is 3.08. The number of esters is 1. The molecule has 0 radical (unpaired) electrons. The van der Waals surface area contributed by atoms with Crippen LogP contribution in [0.1, 0.15) is 34.1 Å². The number of benzene rings is 3. The van der Waals surface area contributed by atoms with E-state index in [0.717, 1.165) is 0 Å². The molecule has 8 heteroatoms. The van der Waals surface area contributed by atoms with Gasteiger partial charge in [-0.05, 0) is 54.6 Å².